The van der Waals surface area contributed by atoms with Gasteiger partial charge in [0.2, 0.25) is 0 Å². The van der Waals surface area contributed by atoms with Crippen LogP contribution in [0.25, 0.3) is 0 Å². The Labute approximate surface area is 499 Å². The van der Waals surface area contributed by atoms with Gasteiger partial charge in [-0.3, -0.25) is 14.4 Å². The summed E-state index contributed by atoms with van der Waals surface area (Å²) in [6, 6.07) is 0. The van der Waals surface area contributed by atoms with Crippen LogP contribution >= 0.6 is 0 Å². The van der Waals surface area contributed by atoms with Crippen molar-refractivity contribution in [1.82, 2.24) is 0 Å². The van der Waals surface area contributed by atoms with Crippen LogP contribution in [0.4, 0.5) is 0 Å². The standard InChI is InChI=1S/C75H122O6/c1-4-7-10-13-16-19-22-25-28-31-34-35-36-37-38-39-42-44-47-50-53-56-59-62-65-68-74(77)80-71-72(81-75(78)69-66-63-60-57-54-51-48-45-41-33-30-27-24-21-18-15-12-9-6-3)70-79-73(76)67-64-61-58-55-52-49-46-43-40-32-29-26-23-20-17-14-11-8-5-2/h8-9,11-12,17-18,20-22,25-27,29-31,34,36-37,40-41,43,45,51,54,72H,4-7,10,13-16,19,23-24,28,32-33,35,38-39,42,44,46-50,52-53,55-71H2,1-3H3/b11-8-,12-9-,20-17-,21-18-,25-22-,29-26-,30-27-,34-31-,37-36-,43-40-,45-41-,54-51-. The van der Waals surface area contributed by atoms with Crippen molar-refractivity contribution in [2.45, 2.75) is 297 Å². The van der Waals surface area contributed by atoms with E-state index < -0.39 is 6.10 Å². The zero-order valence-electron chi connectivity index (χ0n) is 52.5. The van der Waals surface area contributed by atoms with Crippen LogP contribution < -0.4 is 0 Å². The van der Waals surface area contributed by atoms with Crippen molar-refractivity contribution in [2.24, 2.45) is 0 Å². The van der Waals surface area contributed by atoms with E-state index >= 15 is 0 Å². The quantitative estimate of drug-likeness (QED) is 0.0261. The monoisotopic (exact) mass is 1120 g/mol. The van der Waals surface area contributed by atoms with Crippen LogP contribution in [0.1, 0.15) is 290 Å². The predicted octanol–water partition coefficient (Wildman–Crippen LogP) is 23.1. The molecule has 6 heteroatoms. The van der Waals surface area contributed by atoms with E-state index in [1.165, 1.54) is 103 Å². The second kappa shape index (κ2) is 67.8. The Hall–Kier alpha value is -4.71. The topological polar surface area (TPSA) is 78.9 Å². The zero-order chi connectivity index (χ0) is 58.5. The van der Waals surface area contributed by atoms with Crippen LogP contribution in [0.2, 0.25) is 0 Å². The summed E-state index contributed by atoms with van der Waals surface area (Å²) in [6.45, 7) is 6.37. The minimum absolute atomic E-state index is 0.103. The van der Waals surface area contributed by atoms with Gasteiger partial charge < -0.3 is 14.2 Å². The van der Waals surface area contributed by atoms with Gasteiger partial charge in [-0.25, -0.2) is 0 Å². The summed E-state index contributed by atoms with van der Waals surface area (Å²) in [6.07, 6.45) is 97.1. The third kappa shape index (κ3) is 66.0. The Kier molecular flexibility index (Phi) is 63.9. The molecule has 0 radical (unpaired) electrons. The van der Waals surface area contributed by atoms with Crippen LogP contribution in [0.15, 0.2) is 146 Å². The highest BCUT2D eigenvalue weighted by atomic mass is 16.6. The molecule has 0 aromatic carbocycles. The predicted molar refractivity (Wildman–Crippen MR) is 352 cm³/mol. The van der Waals surface area contributed by atoms with Gasteiger partial charge in [0, 0.05) is 19.3 Å². The lowest BCUT2D eigenvalue weighted by atomic mass is 10.1. The first-order chi connectivity index (χ1) is 40.0. The van der Waals surface area contributed by atoms with E-state index in [2.05, 4.69) is 167 Å². The highest BCUT2D eigenvalue weighted by Gasteiger charge is 2.19. The molecule has 81 heavy (non-hydrogen) atoms. The molecule has 0 saturated carbocycles. The number of hydrogen-bond acceptors (Lipinski definition) is 6. The minimum atomic E-state index is -0.812. The number of allylic oxidation sites excluding steroid dienone is 24. The van der Waals surface area contributed by atoms with Crippen molar-refractivity contribution in [3.05, 3.63) is 146 Å². The number of esters is 3. The first-order valence-electron chi connectivity index (χ1n) is 33.3. The lowest BCUT2D eigenvalue weighted by Crippen LogP contribution is -2.30. The first kappa shape index (κ1) is 76.3. The van der Waals surface area contributed by atoms with Gasteiger partial charge in [0.1, 0.15) is 13.2 Å². The molecular formula is C75H122O6. The van der Waals surface area contributed by atoms with E-state index in [1.807, 2.05) is 0 Å². The highest BCUT2D eigenvalue weighted by molar-refractivity contribution is 5.71. The third-order valence-corrected chi connectivity index (χ3v) is 13.8. The fourth-order valence-corrected chi connectivity index (χ4v) is 8.88. The minimum Gasteiger partial charge on any atom is -0.462 e. The average Bonchev–Trinajstić information content (AvgIpc) is 3.47. The van der Waals surface area contributed by atoms with Gasteiger partial charge in [-0.2, -0.15) is 0 Å². The van der Waals surface area contributed by atoms with E-state index in [1.54, 1.807) is 0 Å². The lowest BCUT2D eigenvalue weighted by molar-refractivity contribution is -0.167. The summed E-state index contributed by atoms with van der Waals surface area (Å²) in [7, 11) is 0. The molecule has 0 spiro atoms. The third-order valence-electron chi connectivity index (χ3n) is 13.8. The van der Waals surface area contributed by atoms with Gasteiger partial charge in [0.25, 0.3) is 0 Å². The van der Waals surface area contributed by atoms with Crippen molar-refractivity contribution in [2.75, 3.05) is 13.2 Å². The molecule has 0 aromatic rings. The van der Waals surface area contributed by atoms with Crippen molar-refractivity contribution in [3.63, 3.8) is 0 Å². The molecule has 0 heterocycles. The van der Waals surface area contributed by atoms with Gasteiger partial charge >= 0.3 is 17.9 Å². The smallest absolute Gasteiger partial charge is 0.306 e. The second-order valence-electron chi connectivity index (χ2n) is 21.6. The zero-order valence-corrected chi connectivity index (χ0v) is 52.5. The molecule has 0 aromatic heterocycles. The van der Waals surface area contributed by atoms with E-state index in [4.69, 9.17) is 14.2 Å². The molecule has 0 aliphatic heterocycles. The average molecular weight is 1120 g/mol. The normalized spacial score (nSPS) is 13.1. The van der Waals surface area contributed by atoms with Crippen LogP contribution in [0.5, 0.6) is 0 Å². The van der Waals surface area contributed by atoms with Crippen molar-refractivity contribution in [3.8, 4) is 0 Å². The molecule has 0 fully saturated rings. The number of carbonyl (C=O) groups is 3. The maximum Gasteiger partial charge on any atom is 0.306 e. The van der Waals surface area contributed by atoms with Crippen LogP contribution in [0, 0.1) is 0 Å². The van der Waals surface area contributed by atoms with E-state index in [-0.39, 0.29) is 37.5 Å². The Bertz CT molecular complexity index is 1760. The molecule has 1 unspecified atom stereocenters. The number of hydrogen-bond donors (Lipinski definition) is 0. The molecular weight excluding hydrogens is 997 g/mol. The molecule has 1 atom stereocenters. The van der Waals surface area contributed by atoms with Gasteiger partial charge in [0.15, 0.2) is 6.10 Å². The van der Waals surface area contributed by atoms with Crippen LogP contribution in [-0.4, -0.2) is 37.2 Å². The highest BCUT2D eigenvalue weighted by Crippen LogP contribution is 2.15. The SMILES string of the molecule is CC/C=C\C/C=C\C/C=C\C/C=C\C/C=C\CCCCCC(=O)OC(COC(=O)CCCCCCCC/C=C\C/C=C\C/C=C\C/C=C\CC)COC(=O)CCCCCCCCCCCC/C=C\C/C=C\C/C=C\CCCCCCC. The Morgan fingerprint density at radius 2 is 0.481 bits per heavy atom. The molecule has 6 nitrogen and oxygen atoms in total. The summed E-state index contributed by atoms with van der Waals surface area (Å²) in [5.74, 6) is -0.952. The Balaban J connectivity index is 4.47. The van der Waals surface area contributed by atoms with Crippen LogP contribution in [-0.2, 0) is 28.6 Å². The molecule has 0 N–H and O–H groups in total. The van der Waals surface area contributed by atoms with E-state index in [9.17, 15) is 14.4 Å². The summed E-state index contributed by atoms with van der Waals surface area (Å²) in [4.78, 5) is 38.4. The van der Waals surface area contributed by atoms with Crippen molar-refractivity contribution >= 4 is 17.9 Å². The molecule has 0 amide bonds. The number of ether oxygens (including phenoxy) is 3. The summed E-state index contributed by atoms with van der Waals surface area (Å²) >= 11 is 0. The summed E-state index contributed by atoms with van der Waals surface area (Å²) in [5, 5.41) is 0. The number of rotatable bonds is 59. The Morgan fingerprint density at radius 3 is 0.765 bits per heavy atom. The van der Waals surface area contributed by atoms with Crippen LogP contribution in [0.3, 0.4) is 0 Å². The van der Waals surface area contributed by atoms with Crippen molar-refractivity contribution < 1.29 is 28.6 Å². The molecule has 0 rings (SSSR count). The maximum atomic E-state index is 12.9. The van der Waals surface area contributed by atoms with E-state index in [0.29, 0.717) is 19.3 Å². The van der Waals surface area contributed by atoms with Gasteiger partial charge in [-0.05, 0) is 141 Å². The maximum absolute atomic E-state index is 12.9. The number of unbranched alkanes of at least 4 members (excludes halogenated alkanes) is 24. The molecule has 458 valence electrons. The van der Waals surface area contributed by atoms with Gasteiger partial charge in [-0.15, -0.1) is 0 Å². The molecule has 0 aliphatic rings. The summed E-state index contributed by atoms with van der Waals surface area (Å²) in [5.41, 5.74) is 0. The van der Waals surface area contributed by atoms with E-state index in [0.717, 1.165) is 141 Å². The fraction of sp³-hybridized carbons (Fsp3) is 0.640. The lowest BCUT2D eigenvalue weighted by Gasteiger charge is -2.18. The van der Waals surface area contributed by atoms with Gasteiger partial charge in [0.05, 0.1) is 0 Å². The molecule has 0 aliphatic carbocycles. The summed E-state index contributed by atoms with van der Waals surface area (Å²) < 4.78 is 16.9. The largest absolute Gasteiger partial charge is 0.462 e. The second-order valence-corrected chi connectivity index (χ2v) is 21.6. The van der Waals surface area contributed by atoms with Crippen molar-refractivity contribution in [1.29, 1.82) is 0 Å². The van der Waals surface area contributed by atoms with Gasteiger partial charge in [-0.1, -0.05) is 276 Å². The first-order valence-corrected chi connectivity index (χ1v) is 33.3. The fourth-order valence-electron chi connectivity index (χ4n) is 8.88. The molecule has 0 saturated heterocycles. The Morgan fingerprint density at radius 1 is 0.259 bits per heavy atom. The molecule has 0 bridgehead atoms. The number of carbonyl (C=O) groups excluding carboxylic acids is 3.